The third kappa shape index (κ3) is 9.60. The standard InChI is InChI=1S/C23H37NO3/c1-3-4-5-6-7-8-9-10-11-12-16-19-22(25)24(20(2)23(26)27)21-17-14-13-15-18-21/h13-15,17-18,20H,3-12,16,19H2,1-2H3,(H,26,27)/t20-/m0/s1. The van der Waals surface area contributed by atoms with Gasteiger partial charge < -0.3 is 5.11 Å². The topological polar surface area (TPSA) is 57.6 Å². The van der Waals surface area contributed by atoms with Gasteiger partial charge in [-0.25, -0.2) is 4.79 Å². The molecule has 152 valence electrons. The van der Waals surface area contributed by atoms with Gasteiger partial charge in [-0.2, -0.15) is 0 Å². The minimum absolute atomic E-state index is 0.105. The summed E-state index contributed by atoms with van der Waals surface area (Å²) in [4.78, 5) is 25.4. The zero-order valence-corrected chi connectivity index (χ0v) is 17.2. The summed E-state index contributed by atoms with van der Waals surface area (Å²) in [5.41, 5.74) is 0.653. The third-order valence-corrected chi connectivity index (χ3v) is 5.04. The average Bonchev–Trinajstić information content (AvgIpc) is 2.67. The van der Waals surface area contributed by atoms with Gasteiger partial charge in [0.1, 0.15) is 6.04 Å². The van der Waals surface area contributed by atoms with Crippen LogP contribution in [0.4, 0.5) is 5.69 Å². The molecule has 0 aliphatic carbocycles. The summed E-state index contributed by atoms with van der Waals surface area (Å²) in [5, 5.41) is 9.33. The van der Waals surface area contributed by atoms with Crippen LogP contribution < -0.4 is 4.90 Å². The number of para-hydroxylation sites is 1. The molecule has 1 aromatic carbocycles. The number of anilines is 1. The Hall–Kier alpha value is -1.84. The van der Waals surface area contributed by atoms with Crippen LogP contribution in [0.5, 0.6) is 0 Å². The summed E-state index contributed by atoms with van der Waals surface area (Å²) in [6.07, 6.45) is 14.0. The number of rotatable bonds is 15. The maximum atomic E-state index is 12.6. The van der Waals surface area contributed by atoms with E-state index in [-0.39, 0.29) is 5.91 Å². The van der Waals surface area contributed by atoms with Gasteiger partial charge in [0.15, 0.2) is 0 Å². The maximum Gasteiger partial charge on any atom is 0.326 e. The first-order valence-electron chi connectivity index (χ1n) is 10.7. The molecule has 0 saturated carbocycles. The highest BCUT2D eigenvalue weighted by molar-refractivity contribution is 5.98. The largest absolute Gasteiger partial charge is 0.480 e. The van der Waals surface area contributed by atoms with Gasteiger partial charge in [-0.15, -0.1) is 0 Å². The van der Waals surface area contributed by atoms with E-state index >= 15 is 0 Å². The molecule has 0 aromatic heterocycles. The maximum absolute atomic E-state index is 12.6. The Morgan fingerprint density at radius 3 is 1.81 bits per heavy atom. The molecule has 0 aliphatic heterocycles. The molecule has 1 N–H and O–H groups in total. The number of carboxylic acids is 1. The summed E-state index contributed by atoms with van der Waals surface area (Å²) in [5.74, 6) is -1.09. The number of carbonyl (C=O) groups is 2. The molecule has 0 radical (unpaired) electrons. The Balaban J connectivity index is 2.26. The van der Waals surface area contributed by atoms with Crippen LogP contribution >= 0.6 is 0 Å². The Labute approximate surface area is 165 Å². The van der Waals surface area contributed by atoms with Crippen LogP contribution in [0.15, 0.2) is 30.3 Å². The molecule has 4 heteroatoms. The van der Waals surface area contributed by atoms with Crippen molar-refractivity contribution in [1.82, 2.24) is 0 Å². The molecular formula is C23H37NO3. The van der Waals surface area contributed by atoms with E-state index in [0.717, 1.165) is 19.3 Å². The minimum Gasteiger partial charge on any atom is -0.480 e. The fourth-order valence-corrected chi connectivity index (χ4v) is 3.34. The van der Waals surface area contributed by atoms with Crippen LogP contribution in [0.2, 0.25) is 0 Å². The van der Waals surface area contributed by atoms with E-state index in [1.165, 1.54) is 56.3 Å². The Kier molecular flexibility index (Phi) is 12.2. The van der Waals surface area contributed by atoms with Crippen LogP contribution in [0.1, 0.15) is 90.9 Å². The second-order valence-corrected chi connectivity index (χ2v) is 7.40. The highest BCUT2D eigenvalue weighted by atomic mass is 16.4. The minimum atomic E-state index is -0.980. The molecule has 0 fully saturated rings. The van der Waals surface area contributed by atoms with Gasteiger partial charge in [-0.3, -0.25) is 9.69 Å². The van der Waals surface area contributed by atoms with Crippen LogP contribution in [0.25, 0.3) is 0 Å². The van der Waals surface area contributed by atoms with Crippen molar-refractivity contribution in [2.45, 2.75) is 96.9 Å². The summed E-state index contributed by atoms with van der Waals surface area (Å²) in [7, 11) is 0. The quantitative estimate of drug-likeness (QED) is 0.372. The Morgan fingerprint density at radius 1 is 0.852 bits per heavy atom. The molecule has 0 saturated heterocycles. The highest BCUT2D eigenvalue weighted by Crippen LogP contribution is 2.19. The summed E-state index contributed by atoms with van der Waals surface area (Å²) >= 11 is 0. The van der Waals surface area contributed by atoms with Gasteiger partial charge in [0.2, 0.25) is 5.91 Å². The van der Waals surface area contributed by atoms with Crippen LogP contribution in [-0.4, -0.2) is 23.0 Å². The van der Waals surface area contributed by atoms with Gasteiger partial charge in [0.05, 0.1) is 0 Å². The molecule has 0 unspecified atom stereocenters. The van der Waals surface area contributed by atoms with Crippen molar-refractivity contribution >= 4 is 17.6 Å². The first-order chi connectivity index (χ1) is 13.1. The Bertz CT molecular complexity index is 530. The molecule has 0 bridgehead atoms. The van der Waals surface area contributed by atoms with Gasteiger partial charge in [0, 0.05) is 12.1 Å². The van der Waals surface area contributed by atoms with Crippen molar-refractivity contribution < 1.29 is 14.7 Å². The lowest BCUT2D eigenvalue weighted by atomic mass is 10.0. The lowest BCUT2D eigenvalue weighted by Gasteiger charge is -2.26. The second kappa shape index (κ2) is 14.2. The van der Waals surface area contributed by atoms with Crippen LogP contribution in [0, 0.1) is 0 Å². The van der Waals surface area contributed by atoms with E-state index in [4.69, 9.17) is 0 Å². The molecule has 1 atom stereocenters. The first-order valence-corrected chi connectivity index (χ1v) is 10.7. The van der Waals surface area contributed by atoms with E-state index in [2.05, 4.69) is 6.92 Å². The normalized spacial score (nSPS) is 11.9. The molecule has 1 aromatic rings. The fourth-order valence-electron chi connectivity index (χ4n) is 3.34. The fraction of sp³-hybridized carbons (Fsp3) is 0.652. The van der Waals surface area contributed by atoms with Crippen molar-refractivity contribution in [2.75, 3.05) is 4.90 Å². The third-order valence-electron chi connectivity index (χ3n) is 5.04. The van der Waals surface area contributed by atoms with Crippen molar-refractivity contribution in [3.63, 3.8) is 0 Å². The molecule has 1 rings (SSSR count). The number of benzene rings is 1. The summed E-state index contributed by atoms with van der Waals surface area (Å²) in [6.45, 7) is 3.81. The lowest BCUT2D eigenvalue weighted by molar-refractivity contribution is -0.139. The van der Waals surface area contributed by atoms with Gasteiger partial charge in [-0.1, -0.05) is 89.3 Å². The number of carbonyl (C=O) groups excluding carboxylic acids is 1. The number of amides is 1. The van der Waals surface area contributed by atoms with E-state index in [1.54, 1.807) is 19.1 Å². The van der Waals surface area contributed by atoms with Gasteiger partial charge >= 0.3 is 5.97 Å². The van der Waals surface area contributed by atoms with Gasteiger partial charge in [-0.05, 0) is 25.5 Å². The monoisotopic (exact) mass is 375 g/mol. The number of nitrogens with zero attached hydrogens (tertiary/aromatic N) is 1. The van der Waals surface area contributed by atoms with Crippen molar-refractivity contribution in [1.29, 1.82) is 0 Å². The van der Waals surface area contributed by atoms with E-state index < -0.39 is 12.0 Å². The van der Waals surface area contributed by atoms with Crippen molar-refractivity contribution in [3.05, 3.63) is 30.3 Å². The number of carboxylic acid groups (broad SMARTS) is 1. The molecule has 27 heavy (non-hydrogen) atoms. The SMILES string of the molecule is CCCCCCCCCCCCCC(=O)N(c1ccccc1)[C@@H](C)C(=O)O. The van der Waals surface area contributed by atoms with Gasteiger partial charge in [0.25, 0.3) is 0 Å². The zero-order chi connectivity index (χ0) is 19.9. The molecule has 1 amide bonds. The Morgan fingerprint density at radius 2 is 1.33 bits per heavy atom. The first kappa shape index (κ1) is 23.2. The number of hydrogen-bond donors (Lipinski definition) is 1. The van der Waals surface area contributed by atoms with E-state index in [9.17, 15) is 14.7 Å². The molecule has 0 heterocycles. The molecule has 4 nitrogen and oxygen atoms in total. The number of hydrogen-bond acceptors (Lipinski definition) is 2. The van der Waals surface area contributed by atoms with Crippen LogP contribution in [-0.2, 0) is 9.59 Å². The van der Waals surface area contributed by atoms with E-state index in [1.807, 2.05) is 18.2 Å². The average molecular weight is 376 g/mol. The molecule has 0 spiro atoms. The number of aliphatic carboxylic acids is 1. The second-order valence-electron chi connectivity index (χ2n) is 7.40. The van der Waals surface area contributed by atoms with Crippen molar-refractivity contribution in [2.24, 2.45) is 0 Å². The zero-order valence-electron chi connectivity index (χ0n) is 17.2. The molecular weight excluding hydrogens is 338 g/mol. The van der Waals surface area contributed by atoms with E-state index in [0.29, 0.717) is 12.1 Å². The molecule has 0 aliphatic rings. The van der Waals surface area contributed by atoms with Crippen LogP contribution in [0.3, 0.4) is 0 Å². The predicted octanol–water partition coefficient (Wildman–Crippen LogP) is 6.19. The summed E-state index contributed by atoms with van der Waals surface area (Å²) in [6, 6.07) is 8.24. The number of unbranched alkanes of at least 4 members (excludes halogenated alkanes) is 10. The smallest absolute Gasteiger partial charge is 0.326 e. The summed E-state index contributed by atoms with van der Waals surface area (Å²) < 4.78 is 0. The predicted molar refractivity (Wildman–Crippen MR) is 112 cm³/mol. The highest BCUT2D eigenvalue weighted by Gasteiger charge is 2.26. The lowest BCUT2D eigenvalue weighted by Crippen LogP contribution is -2.43. The van der Waals surface area contributed by atoms with Crippen molar-refractivity contribution in [3.8, 4) is 0 Å².